The summed E-state index contributed by atoms with van der Waals surface area (Å²) in [4.78, 5) is 2.86. The molecule has 0 spiro atoms. The van der Waals surface area contributed by atoms with Crippen molar-refractivity contribution in [2.45, 2.75) is 77.7 Å². The summed E-state index contributed by atoms with van der Waals surface area (Å²) in [6.07, 6.45) is 12.9. The third kappa shape index (κ3) is 5.04. The van der Waals surface area contributed by atoms with Crippen molar-refractivity contribution in [2.75, 3.05) is 26.2 Å². The predicted octanol–water partition coefficient (Wildman–Crippen LogP) is 4.06. The Kier molecular flexibility index (Phi) is 7.37. The molecule has 0 atom stereocenters. The van der Waals surface area contributed by atoms with Crippen LogP contribution in [0, 0.1) is 11.8 Å². The van der Waals surface area contributed by atoms with Crippen LogP contribution < -0.4 is 5.32 Å². The van der Waals surface area contributed by atoms with E-state index in [1.807, 2.05) is 0 Å². The van der Waals surface area contributed by atoms with Crippen molar-refractivity contribution in [3.8, 4) is 0 Å². The van der Waals surface area contributed by atoms with Gasteiger partial charge in [0.15, 0.2) is 0 Å². The Labute approximate surface area is 126 Å². The molecule has 118 valence electrons. The second kappa shape index (κ2) is 9.04. The Bertz CT molecular complexity index is 240. The van der Waals surface area contributed by atoms with Crippen LogP contribution in [-0.4, -0.2) is 37.1 Å². The fourth-order valence-corrected chi connectivity index (χ4v) is 4.31. The lowest BCUT2D eigenvalue weighted by molar-refractivity contribution is 0.107. The highest BCUT2D eigenvalue weighted by Crippen LogP contribution is 2.31. The lowest BCUT2D eigenvalue weighted by Crippen LogP contribution is -2.43. The van der Waals surface area contributed by atoms with Crippen molar-refractivity contribution >= 4 is 0 Å². The summed E-state index contributed by atoms with van der Waals surface area (Å²) in [5.74, 6) is 2.00. The van der Waals surface area contributed by atoms with Gasteiger partial charge in [-0.25, -0.2) is 0 Å². The molecule has 1 aliphatic carbocycles. The van der Waals surface area contributed by atoms with Crippen molar-refractivity contribution in [3.05, 3.63) is 0 Å². The highest BCUT2D eigenvalue weighted by molar-refractivity contribution is 4.82. The Morgan fingerprint density at radius 3 is 2.15 bits per heavy atom. The fourth-order valence-electron chi connectivity index (χ4n) is 4.31. The monoisotopic (exact) mass is 280 g/mol. The highest BCUT2D eigenvalue weighted by Gasteiger charge is 2.27. The van der Waals surface area contributed by atoms with E-state index in [2.05, 4.69) is 24.1 Å². The lowest BCUT2D eigenvalue weighted by atomic mass is 9.82. The van der Waals surface area contributed by atoms with Crippen molar-refractivity contribution in [1.29, 1.82) is 0 Å². The molecule has 2 heteroatoms. The zero-order chi connectivity index (χ0) is 14.2. The van der Waals surface area contributed by atoms with Gasteiger partial charge in [-0.05, 0) is 76.4 Å². The lowest BCUT2D eigenvalue weighted by Gasteiger charge is -2.39. The van der Waals surface area contributed by atoms with Crippen LogP contribution in [0.15, 0.2) is 0 Å². The van der Waals surface area contributed by atoms with Crippen LogP contribution in [0.2, 0.25) is 0 Å². The van der Waals surface area contributed by atoms with Gasteiger partial charge in [0.05, 0.1) is 0 Å². The Morgan fingerprint density at radius 1 is 0.850 bits per heavy atom. The molecule has 0 amide bonds. The van der Waals surface area contributed by atoms with E-state index in [-0.39, 0.29) is 0 Å². The highest BCUT2D eigenvalue weighted by atomic mass is 15.2. The number of piperidine rings is 1. The Balaban J connectivity index is 1.78. The van der Waals surface area contributed by atoms with Gasteiger partial charge < -0.3 is 10.2 Å². The molecule has 2 fully saturated rings. The maximum atomic E-state index is 3.50. The minimum Gasteiger partial charge on any atom is -0.317 e. The van der Waals surface area contributed by atoms with Crippen molar-refractivity contribution < 1.29 is 0 Å². The van der Waals surface area contributed by atoms with E-state index in [0.29, 0.717) is 0 Å². The first-order valence-corrected chi connectivity index (χ1v) is 9.28. The van der Waals surface area contributed by atoms with E-state index in [4.69, 9.17) is 0 Å². The van der Waals surface area contributed by atoms with Gasteiger partial charge in [0.1, 0.15) is 0 Å². The first-order chi connectivity index (χ1) is 9.83. The number of hydrogen-bond donors (Lipinski definition) is 1. The minimum absolute atomic E-state index is 0.901. The second-order valence-electron chi connectivity index (χ2n) is 7.15. The van der Waals surface area contributed by atoms with Gasteiger partial charge in [-0.2, -0.15) is 0 Å². The molecule has 1 aliphatic heterocycles. The van der Waals surface area contributed by atoms with Gasteiger partial charge in [0, 0.05) is 12.6 Å². The molecule has 0 bridgehead atoms. The molecule has 0 aromatic rings. The van der Waals surface area contributed by atoms with Crippen molar-refractivity contribution in [2.24, 2.45) is 11.8 Å². The van der Waals surface area contributed by atoms with Crippen LogP contribution >= 0.6 is 0 Å². The Hall–Kier alpha value is -0.0800. The van der Waals surface area contributed by atoms with Gasteiger partial charge in [0.2, 0.25) is 0 Å². The first-order valence-electron chi connectivity index (χ1n) is 9.28. The standard InChI is InChI=1S/C18H36N2/c1-3-5-16-6-8-18(9-7-16)20(14-4-2)15-17-10-12-19-13-11-17/h16-19H,3-15H2,1-2H3. The molecule has 0 aromatic heterocycles. The molecule has 2 rings (SSSR count). The van der Waals surface area contributed by atoms with Crippen LogP contribution in [0.5, 0.6) is 0 Å². The maximum absolute atomic E-state index is 3.50. The van der Waals surface area contributed by atoms with Gasteiger partial charge >= 0.3 is 0 Å². The molecule has 20 heavy (non-hydrogen) atoms. The summed E-state index contributed by atoms with van der Waals surface area (Å²) < 4.78 is 0. The molecule has 1 N–H and O–H groups in total. The predicted molar refractivity (Wildman–Crippen MR) is 88.1 cm³/mol. The molecule has 1 heterocycles. The smallest absolute Gasteiger partial charge is 0.00955 e. The van der Waals surface area contributed by atoms with E-state index < -0.39 is 0 Å². The topological polar surface area (TPSA) is 15.3 Å². The maximum Gasteiger partial charge on any atom is 0.00955 e. The van der Waals surface area contributed by atoms with Crippen molar-refractivity contribution in [1.82, 2.24) is 10.2 Å². The molecule has 2 nitrogen and oxygen atoms in total. The largest absolute Gasteiger partial charge is 0.317 e. The summed E-state index contributed by atoms with van der Waals surface area (Å²) >= 11 is 0. The zero-order valence-corrected chi connectivity index (χ0v) is 13.9. The summed E-state index contributed by atoms with van der Waals surface area (Å²) in [5.41, 5.74) is 0. The SMILES string of the molecule is CCCC1CCC(N(CCC)CC2CCNCC2)CC1. The Morgan fingerprint density at radius 2 is 1.55 bits per heavy atom. The number of nitrogens with zero attached hydrogens (tertiary/aromatic N) is 1. The van der Waals surface area contributed by atoms with Gasteiger partial charge in [0.25, 0.3) is 0 Å². The molecule has 2 aliphatic rings. The molecular formula is C18H36N2. The summed E-state index contributed by atoms with van der Waals surface area (Å²) in [7, 11) is 0. The van der Waals surface area contributed by atoms with Gasteiger partial charge in [-0.15, -0.1) is 0 Å². The number of nitrogens with one attached hydrogen (secondary N) is 1. The van der Waals surface area contributed by atoms with Crippen molar-refractivity contribution in [3.63, 3.8) is 0 Å². The van der Waals surface area contributed by atoms with Crippen LogP contribution in [0.1, 0.15) is 71.6 Å². The molecule has 1 saturated heterocycles. The molecule has 0 unspecified atom stereocenters. The third-order valence-corrected chi connectivity index (χ3v) is 5.49. The zero-order valence-electron chi connectivity index (χ0n) is 13.9. The van der Waals surface area contributed by atoms with E-state index in [0.717, 1.165) is 17.9 Å². The van der Waals surface area contributed by atoms with Crippen LogP contribution in [0.3, 0.4) is 0 Å². The first kappa shape index (κ1) is 16.3. The summed E-state index contributed by atoms with van der Waals surface area (Å²) in [6, 6.07) is 0.901. The second-order valence-corrected chi connectivity index (χ2v) is 7.15. The summed E-state index contributed by atoms with van der Waals surface area (Å²) in [6.45, 7) is 9.87. The molecule has 0 aromatic carbocycles. The van der Waals surface area contributed by atoms with Crippen LogP contribution in [0.25, 0.3) is 0 Å². The number of hydrogen-bond acceptors (Lipinski definition) is 2. The number of rotatable bonds is 7. The quantitative estimate of drug-likeness (QED) is 0.756. The third-order valence-electron chi connectivity index (χ3n) is 5.49. The average Bonchev–Trinajstić information content (AvgIpc) is 2.49. The van der Waals surface area contributed by atoms with E-state index >= 15 is 0 Å². The van der Waals surface area contributed by atoms with Gasteiger partial charge in [-0.3, -0.25) is 0 Å². The molecular weight excluding hydrogens is 244 g/mol. The van der Waals surface area contributed by atoms with E-state index in [9.17, 15) is 0 Å². The summed E-state index contributed by atoms with van der Waals surface area (Å²) in [5, 5.41) is 3.50. The van der Waals surface area contributed by atoms with E-state index in [1.54, 1.807) is 0 Å². The molecule has 0 radical (unpaired) electrons. The normalized spacial score (nSPS) is 28.9. The van der Waals surface area contributed by atoms with E-state index in [1.165, 1.54) is 84.0 Å². The van der Waals surface area contributed by atoms with Crippen LogP contribution in [-0.2, 0) is 0 Å². The van der Waals surface area contributed by atoms with Crippen LogP contribution in [0.4, 0.5) is 0 Å². The minimum atomic E-state index is 0.901. The fraction of sp³-hybridized carbons (Fsp3) is 1.00. The molecule has 1 saturated carbocycles. The van der Waals surface area contributed by atoms with Gasteiger partial charge in [-0.1, -0.05) is 26.7 Å². The average molecular weight is 280 g/mol.